The van der Waals surface area contributed by atoms with E-state index in [1.165, 1.54) is 5.69 Å². The zero-order valence-corrected chi connectivity index (χ0v) is 15.1. The van der Waals surface area contributed by atoms with Gasteiger partial charge in [0.15, 0.2) is 0 Å². The maximum Gasteiger partial charge on any atom is 0.0642 e. The zero-order chi connectivity index (χ0) is 17.8. The monoisotopic (exact) mass is 365 g/mol. The Hall–Kier alpha value is -2.56. The van der Waals surface area contributed by atoms with Gasteiger partial charge in [0.25, 0.3) is 0 Å². The zero-order valence-electron chi connectivity index (χ0n) is 14.4. The van der Waals surface area contributed by atoms with Crippen molar-refractivity contribution in [2.75, 3.05) is 31.2 Å². The van der Waals surface area contributed by atoms with Gasteiger partial charge < -0.3 is 14.2 Å². The first-order valence-electron chi connectivity index (χ1n) is 8.70. The van der Waals surface area contributed by atoms with Crippen LogP contribution in [-0.4, -0.2) is 37.1 Å². The Kier molecular flexibility index (Phi) is 5.04. The van der Waals surface area contributed by atoms with Crippen molar-refractivity contribution >= 4 is 29.2 Å². The molecule has 0 spiro atoms. The Morgan fingerprint density at radius 1 is 0.885 bits per heavy atom. The lowest BCUT2D eigenvalue weighted by molar-refractivity contribution is 0.122. The third kappa shape index (κ3) is 3.82. The van der Waals surface area contributed by atoms with Crippen LogP contribution in [0.25, 0.3) is 5.69 Å². The van der Waals surface area contributed by atoms with E-state index in [9.17, 15) is 0 Å². The van der Waals surface area contributed by atoms with Gasteiger partial charge in [0.2, 0.25) is 0 Å². The largest absolute Gasteiger partial charge is 0.378 e. The van der Waals surface area contributed by atoms with Crippen molar-refractivity contribution < 1.29 is 4.74 Å². The molecule has 0 unspecified atom stereocenters. The number of rotatable bonds is 4. The highest BCUT2D eigenvalue weighted by Gasteiger charge is 2.10. The summed E-state index contributed by atoms with van der Waals surface area (Å²) in [6.07, 6.45) is 3.91. The molecule has 0 aliphatic carbocycles. The average Bonchev–Trinajstić information content (AvgIpc) is 3.17. The number of hydrogen-bond donors (Lipinski definition) is 0. The van der Waals surface area contributed by atoms with Crippen molar-refractivity contribution in [2.45, 2.75) is 0 Å². The Morgan fingerprint density at radius 2 is 1.58 bits per heavy atom. The normalized spacial score (nSPS) is 14.9. The highest BCUT2D eigenvalue weighted by molar-refractivity contribution is 6.30. The summed E-state index contributed by atoms with van der Waals surface area (Å²) >= 11 is 5.98. The Labute approximate surface area is 158 Å². The lowest BCUT2D eigenvalue weighted by atomic mass is 10.2. The molecule has 1 saturated heterocycles. The SMILES string of the molecule is Clc1ccc(-n2cccc2C=Nc2ccc(N3CCOCC3)cc2)cc1. The third-order valence-electron chi connectivity index (χ3n) is 4.46. The highest BCUT2D eigenvalue weighted by Crippen LogP contribution is 2.21. The van der Waals surface area contributed by atoms with Gasteiger partial charge in [-0.15, -0.1) is 0 Å². The fourth-order valence-electron chi connectivity index (χ4n) is 3.05. The van der Waals surface area contributed by atoms with Gasteiger partial charge in [-0.25, -0.2) is 0 Å². The first-order chi connectivity index (χ1) is 12.8. The number of aliphatic imine (C=N–C) groups is 1. The van der Waals surface area contributed by atoms with Crippen LogP contribution in [0.1, 0.15) is 5.69 Å². The molecule has 0 bridgehead atoms. The van der Waals surface area contributed by atoms with E-state index < -0.39 is 0 Å². The fraction of sp³-hybridized carbons (Fsp3) is 0.190. The van der Waals surface area contributed by atoms with Crippen molar-refractivity contribution in [1.29, 1.82) is 0 Å². The second-order valence-electron chi connectivity index (χ2n) is 6.15. The van der Waals surface area contributed by atoms with Crippen LogP contribution in [0, 0.1) is 0 Å². The van der Waals surface area contributed by atoms with Crippen LogP contribution in [0.2, 0.25) is 5.02 Å². The molecule has 0 amide bonds. The molecule has 2 aromatic carbocycles. The molecular weight excluding hydrogens is 346 g/mol. The molecule has 0 saturated carbocycles. The summed E-state index contributed by atoms with van der Waals surface area (Å²) in [6, 6.07) is 20.2. The highest BCUT2D eigenvalue weighted by atomic mass is 35.5. The van der Waals surface area contributed by atoms with Gasteiger partial charge in [0.1, 0.15) is 0 Å². The van der Waals surface area contributed by atoms with Crippen LogP contribution in [0.5, 0.6) is 0 Å². The summed E-state index contributed by atoms with van der Waals surface area (Å²) in [4.78, 5) is 6.96. The van der Waals surface area contributed by atoms with Gasteiger partial charge >= 0.3 is 0 Å². The quantitative estimate of drug-likeness (QED) is 0.626. The molecule has 1 aromatic heterocycles. The number of anilines is 1. The molecule has 3 aromatic rings. The van der Waals surface area contributed by atoms with Crippen LogP contribution >= 0.6 is 11.6 Å². The molecular formula is C21H20ClN3O. The minimum absolute atomic E-state index is 0.733. The first kappa shape index (κ1) is 16.9. The maximum atomic E-state index is 5.98. The van der Waals surface area contributed by atoms with Gasteiger partial charge in [-0.05, 0) is 60.7 Å². The molecule has 4 nitrogen and oxygen atoms in total. The third-order valence-corrected chi connectivity index (χ3v) is 4.71. The van der Waals surface area contributed by atoms with E-state index in [-0.39, 0.29) is 0 Å². The molecule has 5 heteroatoms. The number of nitrogens with zero attached hydrogens (tertiary/aromatic N) is 3. The van der Waals surface area contributed by atoms with Crippen molar-refractivity contribution in [1.82, 2.24) is 4.57 Å². The van der Waals surface area contributed by atoms with Crippen molar-refractivity contribution in [3.05, 3.63) is 77.6 Å². The lowest BCUT2D eigenvalue weighted by Crippen LogP contribution is -2.36. The van der Waals surface area contributed by atoms with Crippen LogP contribution in [0.4, 0.5) is 11.4 Å². The fourth-order valence-corrected chi connectivity index (χ4v) is 3.17. The Bertz CT molecular complexity index is 878. The summed E-state index contributed by atoms with van der Waals surface area (Å²) < 4.78 is 7.49. The number of benzene rings is 2. The molecule has 2 heterocycles. The van der Waals surface area contributed by atoms with Gasteiger partial charge in [-0.1, -0.05) is 11.6 Å². The minimum atomic E-state index is 0.733. The van der Waals surface area contributed by atoms with Crippen LogP contribution < -0.4 is 4.90 Å². The number of morpholine rings is 1. The smallest absolute Gasteiger partial charge is 0.0642 e. The van der Waals surface area contributed by atoms with Gasteiger partial charge in [-0.3, -0.25) is 4.99 Å². The van der Waals surface area contributed by atoms with E-state index in [0.29, 0.717) is 0 Å². The van der Waals surface area contributed by atoms with Gasteiger partial charge in [0, 0.05) is 35.7 Å². The standard InChI is InChI=1S/C21H20ClN3O/c22-17-3-7-20(8-4-17)25-11-1-2-21(25)16-23-18-5-9-19(10-6-18)24-12-14-26-15-13-24/h1-11,16H,12-15H2. The van der Waals surface area contributed by atoms with E-state index in [4.69, 9.17) is 16.3 Å². The van der Waals surface area contributed by atoms with E-state index in [1.54, 1.807) is 0 Å². The average molecular weight is 366 g/mol. The van der Waals surface area contributed by atoms with Gasteiger partial charge in [0.05, 0.1) is 30.8 Å². The minimum Gasteiger partial charge on any atom is -0.378 e. The Balaban J connectivity index is 1.50. The summed E-state index contributed by atoms with van der Waals surface area (Å²) in [7, 11) is 0. The first-order valence-corrected chi connectivity index (χ1v) is 9.07. The topological polar surface area (TPSA) is 29.8 Å². The molecule has 0 radical (unpaired) electrons. The summed E-state index contributed by atoms with van der Waals surface area (Å²) in [6.45, 7) is 3.47. The molecule has 1 fully saturated rings. The summed E-state index contributed by atoms with van der Waals surface area (Å²) in [5.74, 6) is 0. The molecule has 132 valence electrons. The van der Waals surface area contributed by atoms with Gasteiger partial charge in [-0.2, -0.15) is 0 Å². The number of halogens is 1. The number of hydrogen-bond acceptors (Lipinski definition) is 3. The molecule has 1 aliphatic rings. The molecule has 0 N–H and O–H groups in total. The van der Waals surface area contributed by atoms with E-state index in [1.807, 2.05) is 48.8 Å². The summed E-state index contributed by atoms with van der Waals surface area (Å²) in [5.41, 5.74) is 4.23. The number of aromatic nitrogens is 1. The molecule has 4 rings (SSSR count). The van der Waals surface area contributed by atoms with E-state index in [2.05, 4.69) is 38.7 Å². The van der Waals surface area contributed by atoms with Crippen LogP contribution in [0.3, 0.4) is 0 Å². The number of ether oxygens (including phenoxy) is 1. The van der Waals surface area contributed by atoms with E-state index >= 15 is 0 Å². The second-order valence-corrected chi connectivity index (χ2v) is 6.59. The van der Waals surface area contributed by atoms with Crippen LogP contribution in [0.15, 0.2) is 71.9 Å². The predicted molar refractivity (Wildman–Crippen MR) is 108 cm³/mol. The Morgan fingerprint density at radius 3 is 2.31 bits per heavy atom. The van der Waals surface area contributed by atoms with E-state index in [0.717, 1.165) is 48.4 Å². The van der Waals surface area contributed by atoms with Crippen LogP contribution in [-0.2, 0) is 4.74 Å². The molecule has 26 heavy (non-hydrogen) atoms. The summed E-state index contributed by atoms with van der Waals surface area (Å²) in [5, 5.41) is 0.733. The lowest BCUT2D eigenvalue weighted by Gasteiger charge is -2.28. The molecule has 0 atom stereocenters. The van der Waals surface area contributed by atoms with Crippen molar-refractivity contribution in [2.24, 2.45) is 4.99 Å². The van der Waals surface area contributed by atoms with Crippen molar-refractivity contribution in [3.8, 4) is 5.69 Å². The predicted octanol–water partition coefficient (Wildman–Crippen LogP) is 4.72. The maximum absolute atomic E-state index is 5.98. The molecule has 1 aliphatic heterocycles. The van der Waals surface area contributed by atoms with Crippen molar-refractivity contribution in [3.63, 3.8) is 0 Å². The second kappa shape index (κ2) is 7.77.